The first-order chi connectivity index (χ1) is 13.9. The van der Waals surface area contributed by atoms with Gasteiger partial charge in [-0.05, 0) is 36.6 Å². The second-order valence-corrected chi connectivity index (χ2v) is 9.41. The highest BCUT2D eigenvalue weighted by molar-refractivity contribution is 7.89. The lowest BCUT2D eigenvalue weighted by Crippen LogP contribution is -2.45. The molecule has 0 spiro atoms. The molecule has 0 radical (unpaired) electrons. The molecular weight excluding hydrogens is 410 g/mol. The summed E-state index contributed by atoms with van der Waals surface area (Å²) in [6.45, 7) is 2.84. The summed E-state index contributed by atoms with van der Waals surface area (Å²) in [4.78, 5) is 14.7. The van der Waals surface area contributed by atoms with Crippen LogP contribution in [0.2, 0.25) is 5.02 Å². The molecule has 0 atom stereocenters. The Morgan fingerprint density at radius 2 is 1.79 bits per heavy atom. The highest BCUT2D eigenvalue weighted by atomic mass is 35.5. The van der Waals surface area contributed by atoms with Crippen LogP contribution in [0.15, 0.2) is 59.5 Å². The van der Waals surface area contributed by atoms with Crippen LogP contribution in [0.4, 0.5) is 0 Å². The van der Waals surface area contributed by atoms with Crippen molar-refractivity contribution in [2.45, 2.75) is 36.7 Å². The molecule has 2 aromatic carbocycles. The van der Waals surface area contributed by atoms with Gasteiger partial charge in [0.1, 0.15) is 0 Å². The number of nitrogens with one attached hydrogen (secondary N) is 2. The van der Waals surface area contributed by atoms with Crippen molar-refractivity contribution in [1.82, 2.24) is 14.9 Å². The predicted octanol–water partition coefficient (Wildman–Crippen LogP) is 2.79. The minimum atomic E-state index is -3.67. The number of amides is 1. The average molecular weight is 436 g/mol. The normalized spacial score (nSPS) is 15.9. The first-order valence-electron chi connectivity index (χ1n) is 9.73. The van der Waals surface area contributed by atoms with Gasteiger partial charge >= 0.3 is 0 Å². The Hall–Kier alpha value is -1.93. The summed E-state index contributed by atoms with van der Waals surface area (Å²) in [5.41, 5.74) is 1.29. The molecule has 1 fully saturated rings. The molecule has 6 nitrogen and oxygen atoms in total. The third-order valence-corrected chi connectivity index (χ3v) is 6.65. The summed E-state index contributed by atoms with van der Waals surface area (Å²) >= 11 is 5.84. The molecule has 0 aromatic heterocycles. The Balaban J connectivity index is 1.37. The highest BCUT2D eigenvalue weighted by Gasteiger charge is 2.21. The number of likely N-dealkylation sites (tertiary alicyclic amines) is 1. The molecule has 0 saturated carbocycles. The van der Waals surface area contributed by atoms with E-state index in [1.807, 2.05) is 18.2 Å². The number of piperidine rings is 1. The zero-order valence-corrected chi connectivity index (χ0v) is 17.8. The van der Waals surface area contributed by atoms with Gasteiger partial charge < -0.3 is 5.32 Å². The van der Waals surface area contributed by atoms with Gasteiger partial charge in [-0.1, -0.05) is 48.0 Å². The summed E-state index contributed by atoms with van der Waals surface area (Å²) in [5, 5.41) is 3.37. The van der Waals surface area contributed by atoms with Crippen molar-refractivity contribution in [3.8, 4) is 0 Å². The van der Waals surface area contributed by atoms with Gasteiger partial charge in [-0.3, -0.25) is 9.69 Å². The number of halogens is 1. The lowest BCUT2D eigenvalue weighted by molar-refractivity contribution is -0.121. The van der Waals surface area contributed by atoms with Crippen molar-refractivity contribution in [3.63, 3.8) is 0 Å². The lowest BCUT2D eigenvalue weighted by atomic mass is 10.0. The van der Waals surface area contributed by atoms with Gasteiger partial charge in [0.25, 0.3) is 0 Å². The van der Waals surface area contributed by atoms with Crippen LogP contribution in [0.5, 0.6) is 0 Å². The fourth-order valence-corrected chi connectivity index (χ4v) is 4.73. The fourth-order valence-electron chi connectivity index (χ4n) is 3.39. The number of hydrogen-bond acceptors (Lipinski definition) is 4. The second kappa shape index (κ2) is 10.2. The van der Waals surface area contributed by atoms with E-state index in [-0.39, 0.29) is 29.8 Å². The minimum absolute atomic E-state index is 0.0491. The zero-order valence-electron chi connectivity index (χ0n) is 16.2. The van der Waals surface area contributed by atoms with Crippen LogP contribution in [0.3, 0.4) is 0 Å². The molecule has 156 valence electrons. The van der Waals surface area contributed by atoms with E-state index in [1.54, 1.807) is 12.1 Å². The van der Waals surface area contributed by atoms with Crippen LogP contribution in [0.25, 0.3) is 0 Å². The maximum atomic E-state index is 12.2. The molecule has 1 amide bonds. The molecule has 1 aliphatic heterocycles. The Kier molecular flexibility index (Phi) is 7.66. The predicted molar refractivity (Wildman–Crippen MR) is 114 cm³/mol. The van der Waals surface area contributed by atoms with E-state index in [9.17, 15) is 13.2 Å². The zero-order chi connectivity index (χ0) is 20.7. The van der Waals surface area contributed by atoms with Gasteiger partial charge in [0, 0.05) is 43.7 Å². The van der Waals surface area contributed by atoms with Gasteiger partial charge in [-0.2, -0.15) is 0 Å². The van der Waals surface area contributed by atoms with Crippen molar-refractivity contribution in [2.75, 3.05) is 19.6 Å². The largest absolute Gasteiger partial charge is 0.353 e. The highest BCUT2D eigenvalue weighted by Crippen LogP contribution is 2.16. The van der Waals surface area contributed by atoms with Gasteiger partial charge in [0.15, 0.2) is 0 Å². The number of sulfonamides is 1. The molecule has 0 unspecified atom stereocenters. The van der Waals surface area contributed by atoms with Crippen molar-refractivity contribution in [3.05, 3.63) is 65.2 Å². The Morgan fingerprint density at radius 1 is 1.07 bits per heavy atom. The number of rotatable bonds is 8. The summed E-state index contributed by atoms with van der Waals surface area (Å²) in [7, 11) is -3.67. The van der Waals surface area contributed by atoms with Gasteiger partial charge in [0.05, 0.1) is 4.90 Å². The molecule has 1 aliphatic rings. The SMILES string of the molecule is O=C(CCNS(=O)(=O)c1cccc(Cl)c1)NC1CCN(Cc2ccccc2)CC1. The molecule has 1 saturated heterocycles. The minimum Gasteiger partial charge on any atom is -0.353 e. The van der Waals surface area contributed by atoms with Gasteiger partial charge in [-0.15, -0.1) is 0 Å². The van der Waals surface area contributed by atoms with E-state index in [2.05, 4.69) is 27.1 Å². The third kappa shape index (κ3) is 6.82. The average Bonchev–Trinajstić information content (AvgIpc) is 2.70. The standard InChI is InChI=1S/C21H26ClN3O3S/c22-18-7-4-8-20(15-18)29(27,28)23-12-9-21(26)24-19-10-13-25(14-11-19)16-17-5-2-1-3-6-17/h1-8,15,19,23H,9-14,16H2,(H,24,26). The molecule has 2 aromatic rings. The first kappa shape index (κ1) is 21.8. The monoisotopic (exact) mass is 435 g/mol. The summed E-state index contributed by atoms with van der Waals surface area (Å²) < 4.78 is 26.9. The van der Waals surface area contributed by atoms with Crippen LogP contribution in [0, 0.1) is 0 Å². The molecule has 2 N–H and O–H groups in total. The van der Waals surface area contributed by atoms with Crippen molar-refractivity contribution < 1.29 is 13.2 Å². The molecule has 8 heteroatoms. The van der Waals surface area contributed by atoms with E-state index in [0.717, 1.165) is 32.5 Å². The lowest BCUT2D eigenvalue weighted by Gasteiger charge is -2.32. The van der Waals surface area contributed by atoms with Crippen LogP contribution < -0.4 is 10.0 Å². The number of nitrogens with zero attached hydrogens (tertiary/aromatic N) is 1. The second-order valence-electron chi connectivity index (χ2n) is 7.21. The van der Waals surface area contributed by atoms with Crippen LogP contribution in [-0.2, 0) is 21.4 Å². The van der Waals surface area contributed by atoms with E-state index in [4.69, 9.17) is 11.6 Å². The van der Waals surface area contributed by atoms with Crippen LogP contribution in [-0.4, -0.2) is 44.9 Å². The van der Waals surface area contributed by atoms with Crippen LogP contribution >= 0.6 is 11.6 Å². The van der Waals surface area contributed by atoms with Crippen molar-refractivity contribution in [1.29, 1.82) is 0 Å². The number of benzene rings is 2. The Morgan fingerprint density at radius 3 is 2.48 bits per heavy atom. The Labute approximate surface area is 177 Å². The fraction of sp³-hybridized carbons (Fsp3) is 0.381. The maximum absolute atomic E-state index is 12.2. The maximum Gasteiger partial charge on any atom is 0.240 e. The number of carbonyl (C=O) groups is 1. The number of hydrogen-bond donors (Lipinski definition) is 2. The third-order valence-electron chi connectivity index (χ3n) is 4.95. The van der Waals surface area contributed by atoms with Crippen LogP contribution in [0.1, 0.15) is 24.8 Å². The first-order valence-corrected chi connectivity index (χ1v) is 11.6. The smallest absolute Gasteiger partial charge is 0.240 e. The van der Waals surface area contributed by atoms with E-state index in [1.165, 1.54) is 17.7 Å². The molecule has 1 heterocycles. The van der Waals surface area contributed by atoms with Gasteiger partial charge in [0.2, 0.25) is 15.9 Å². The topological polar surface area (TPSA) is 78.5 Å². The molecular formula is C21H26ClN3O3S. The van der Waals surface area contributed by atoms with Gasteiger partial charge in [-0.25, -0.2) is 13.1 Å². The molecule has 0 aliphatic carbocycles. The summed E-state index contributed by atoms with van der Waals surface area (Å²) in [5.74, 6) is -0.139. The molecule has 3 rings (SSSR count). The van der Waals surface area contributed by atoms with E-state index < -0.39 is 10.0 Å². The summed E-state index contributed by atoms with van der Waals surface area (Å²) in [6, 6.07) is 16.5. The van der Waals surface area contributed by atoms with E-state index in [0.29, 0.717) is 5.02 Å². The molecule has 0 bridgehead atoms. The molecule has 29 heavy (non-hydrogen) atoms. The quantitative estimate of drug-likeness (QED) is 0.668. The van der Waals surface area contributed by atoms with E-state index >= 15 is 0 Å². The summed E-state index contributed by atoms with van der Waals surface area (Å²) in [6.07, 6.45) is 1.89. The number of carbonyl (C=O) groups excluding carboxylic acids is 1. The Bertz CT molecular complexity index is 914. The van der Waals surface area contributed by atoms with Crippen molar-refractivity contribution >= 4 is 27.5 Å². The van der Waals surface area contributed by atoms with Crippen molar-refractivity contribution in [2.24, 2.45) is 0 Å².